The minimum absolute atomic E-state index is 0.162. The van der Waals surface area contributed by atoms with Crippen molar-refractivity contribution < 1.29 is 4.39 Å². The van der Waals surface area contributed by atoms with E-state index in [4.69, 9.17) is 0 Å². The van der Waals surface area contributed by atoms with E-state index < -0.39 is 0 Å². The van der Waals surface area contributed by atoms with Crippen LogP contribution in [0.2, 0.25) is 0 Å². The van der Waals surface area contributed by atoms with E-state index in [0.29, 0.717) is 6.04 Å². The van der Waals surface area contributed by atoms with E-state index in [0.717, 1.165) is 19.0 Å². The predicted molar refractivity (Wildman–Crippen MR) is 83.9 cm³/mol. The van der Waals surface area contributed by atoms with Crippen LogP contribution in [0, 0.1) is 5.82 Å². The number of nitrogens with one attached hydrogen (secondary N) is 1. The molecule has 4 heteroatoms. The average molecular weight is 291 g/mol. The Bertz CT molecular complexity index is 436. The van der Waals surface area contributed by atoms with Crippen molar-refractivity contribution in [1.82, 2.24) is 15.1 Å². The van der Waals surface area contributed by atoms with Gasteiger partial charge in [-0.15, -0.1) is 0 Å². The molecule has 1 aromatic rings. The minimum atomic E-state index is -0.162. The Hall–Kier alpha value is -0.970. The van der Waals surface area contributed by atoms with Crippen molar-refractivity contribution in [3.05, 3.63) is 35.6 Å². The molecule has 1 N–H and O–H groups in total. The summed E-state index contributed by atoms with van der Waals surface area (Å²) < 4.78 is 13.0. The number of halogens is 1. The zero-order valence-corrected chi connectivity index (χ0v) is 12.9. The third-order valence-corrected chi connectivity index (χ3v) is 4.82. The van der Waals surface area contributed by atoms with Crippen LogP contribution in [0.15, 0.2) is 24.3 Å². The molecule has 0 spiro atoms. The highest BCUT2D eigenvalue weighted by Crippen LogP contribution is 2.27. The molecule has 1 aliphatic carbocycles. The highest BCUT2D eigenvalue weighted by molar-refractivity contribution is 5.19. The summed E-state index contributed by atoms with van der Waals surface area (Å²) in [6.45, 7) is 5.95. The van der Waals surface area contributed by atoms with Crippen molar-refractivity contribution in [2.45, 2.75) is 31.3 Å². The number of benzene rings is 1. The molecule has 1 aliphatic heterocycles. The maximum absolute atomic E-state index is 13.0. The van der Waals surface area contributed by atoms with Crippen molar-refractivity contribution >= 4 is 0 Å². The van der Waals surface area contributed by atoms with E-state index >= 15 is 0 Å². The van der Waals surface area contributed by atoms with Gasteiger partial charge in [0.15, 0.2) is 0 Å². The van der Waals surface area contributed by atoms with E-state index in [2.05, 4.69) is 15.1 Å². The number of rotatable bonds is 6. The van der Waals surface area contributed by atoms with Crippen LogP contribution in [0.1, 0.15) is 30.9 Å². The standard InChI is InChI=1S/C17H26FN3/c1-19-17(14-2-4-15(18)5-3-14)8-9-20-10-12-21(13-11-20)16-6-7-16/h2-5,16-17,19H,6-13H2,1H3. The highest BCUT2D eigenvalue weighted by atomic mass is 19.1. The van der Waals surface area contributed by atoms with E-state index in [1.165, 1.54) is 44.6 Å². The van der Waals surface area contributed by atoms with Crippen LogP contribution in [-0.4, -0.2) is 55.6 Å². The van der Waals surface area contributed by atoms with Gasteiger partial charge in [-0.2, -0.15) is 0 Å². The lowest BCUT2D eigenvalue weighted by Gasteiger charge is -2.35. The molecule has 1 atom stereocenters. The maximum Gasteiger partial charge on any atom is 0.123 e. The van der Waals surface area contributed by atoms with Gasteiger partial charge in [-0.25, -0.2) is 4.39 Å². The third kappa shape index (κ3) is 4.02. The van der Waals surface area contributed by atoms with E-state index in [-0.39, 0.29) is 5.82 Å². The molecule has 3 nitrogen and oxygen atoms in total. The van der Waals surface area contributed by atoms with Crippen molar-refractivity contribution in [3.8, 4) is 0 Å². The minimum Gasteiger partial charge on any atom is -0.313 e. The quantitative estimate of drug-likeness (QED) is 0.867. The molecule has 1 heterocycles. The smallest absolute Gasteiger partial charge is 0.123 e. The first-order valence-electron chi connectivity index (χ1n) is 8.15. The van der Waals surface area contributed by atoms with Gasteiger partial charge in [-0.3, -0.25) is 4.90 Å². The van der Waals surface area contributed by atoms with E-state index in [1.807, 2.05) is 19.2 Å². The lowest BCUT2D eigenvalue weighted by Crippen LogP contribution is -2.47. The average Bonchev–Trinajstić information content (AvgIpc) is 3.35. The Labute approximate surface area is 127 Å². The molecule has 1 saturated heterocycles. The summed E-state index contributed by atoms with van der Waals surface area (Å²) in [7, 11) is 1.99. The van der Waals surface area contributed by atoms with Crippen LogP contribution >= 0.6 is 0 Å². The molecular weight excluding hydrogens is 265 g/mol. The summed E-state index contributed by atoms with van der Waals surface area (Å²) in [5.41, 5.74) is 1.18. The molecular formula is C17H26FN3. The third-order valence-electron chi connectivity index (χ3n) is 4.82. The molecule has 3 rings (SSSR count). The summed E-state index contributed by atoms with van der Waals surface area (Å²) >= 11 is 0. The summed E-state index contributed by atoms with van der Waals surface area (Å²) in [5.74, 6) is -0.162. The second-order valence-electron chi connectivity index (χ2n) is 6.29. The van der Waals surface area contributed by atoms with E-state index in [1.54, 1.807) is 12.1 Å². The normalized spacial score (nSPS) is 22.4. The molecule has 1 saturated carbocycles. The lowest BCUT2D eigenvalue weighted by molar-refractivity contribution is 0.123. The van der Waals surface area contributed by atoms with Crippen LogP contribution in [0.5, 0.6) is 0 Å². The summed E-state index contributed by atoms with van der Waals surface area (Å²) in [6.07, 6.45) is 3.89. The van der Waals surface area contributed by atoms with Crippen LogP contribution in [0.3, 0.4) is 0 Å². The SMILES string of the molecule is CNC(CCN1CCN(C2CC2)CC1)c1ccc(F)cc1. The zero-order valence-electron chi connectivity index (χ0n) is 12.9. The van der Waals surface area contributed by atoms with Gasteiger partial charge in [0.25, 0.3) is 0 Å². The van der Waals surface area contributed by atoms with Crippen LogP contribution < -0.4 is 5.32 Å². The maximum atomic E-state index is 13.0. The first kappa shape index (κ1) is 14.9. The van der Waals surface area contributed by atoms with E-state index in [9.17, 15) is 4.39 Å². The largest absolute Gasteiger partial charge is 0.313 e. The van der Waals surface area contributed by atoms with Crippen molar-refractivity contribution in [2.75, 3.05) is 39.8 Å². The highest BCUT2D eigenvalue weighted by Gasteiger charge is 2.31. The van der Waals surface area contributed by atoms with Crippen LogP contribution in [0.25, 0.3) is 0 Å². The first-order chi connectivity index (χ1) is 10.3. The Balaban J connectivity index is 1.45. The Morgan fingerprint density at radius 3 is 2.38 bits per heavy atom. The predicted octanol–water partition coefficient (Wildman–Crippen LogP) is 2.26. The van der Waals surface area contributed by atoms with Gasteiger partial charge < -0.3 is 10.2 Å². The summed E-state index contributed by atoms with van der Waals surface area (Å²) in [5, 5.41) is 3.35. The molecule has 2 fully saturated rings. The number of nitrogens with zero attached hydrogens (tertiary/aromatic N) is 2. The second kappa shape index (κ2) is 6.86. The van der Waals surface area contributed by atoms with Gasteiger partial charge in [0.2, 0.25) is 0 Å². The Morgan fingerprint density at radius 1 is 1.14 bits per heavy atom. The molecule has 1 aromatic carbocycles. The fourth-order valence-electron chi connectivity index (χ4n) is 3.28. The van der Waals surface area contributed by atoms with Gasteiger partial charge in [0, 0.05) is 44.8 Å². The van der Waals surface area contributed by atoms with Gasteiger partial charge in [-0.05, 0) is 44.0 Å². The van der Waals surface area contributed by atoms with Gasteiger partial charge in [0.1, 0.15) is 5.82 Å². The number of piperazine rings is 1. The molecule has 21 heavy (non-hydrogen) atoms. The van der Waals surface area contributed by atoms with Crippen molar-refractivity contribution in [2.24, 2.45) is 0 Å². The topological polar surface area (TPSA) is 18.5 Å². The molecule has 0 radical (unpaired) electrons. The molecule has 2 aliphatic rings. The Kier molecular flexibility index (Phi) is 4.88. The Morgan fingerprint density at radius 2 is 1.81 bits per heavy atom. The van der Waals surface area contributed by atoms with Gasteiger partial charge in [-0.1, -0.05) is 12.1 Å². The molecule has 116 valence electrons. The zero-order chi connectivity index (χ0) is 14.7. The molecule has 0 aromatic heterocycles. The van der Waals surface area contributed by atoms with Crippen LogP contribution in [0.4, 0.5) is 4.39 Å². The summed E-state index contributed by atoms with van der Waals surface area (Å²) in [6, 6.07) is 8.09. The fraction of sp³-hybridized carbons (Fsp3) is 0.647. The fourth-order valence-corrected chi connectivity index (χ4v) is 3.28. The number of hydrogen-bond donors (Lipinski definition) is 1. The van der Waals surface area contributed by atoms with Crippen molar-refractivity contribution in [3.63, 3.8) is 0 Å². The monoisotopic (exact) mass is 291 g/mol. The lowest BCUT2D eigenvalue weighted by atomic mass is 10.0. The summed E-state index contributed by atoms with van der Waals surface area (Å²) in [4.78, 5) is 5.21. The molecule has 0 bridgehead atoms. The molecule has 1 unspecified atom stereocenters. The van der Waals surface area contributed by atoms with Gasteiger partial charge >= 0.3 is 0 Å². The first-order valence-corrected chi connectivity index (χ1v) is 8.15. The van der Waals surface area contributed by atoms with Crippen LogP contribution in [-0.2, 0) is 0 Å². The second-order valence-corrected chi connectivity index (χ2v) is 6.29. The van der Waals surface area contributed by atoms with Gasteiger partial charge in [0.05, 0.1) is 0 Å². The number of hydrogen-bond acceptors (Lipinski definition) is 3. The van der Waals surface area contributed by atoms with Crippen molar-refractivity contribution in [1.29, 1.82) is 0 Å². The molecule has 0 amide bonds.